The highest BCUT2D eigenvalue weighted by molar-refractivity contribution is 5.92. The fourth-order valence-electron chi connectivity index (χ4n) is 2.94. The zero-order valence-corrected chi connectivity index (χ0v) is 12.9. The first-order valence-electron chi connectivity index (χ1n) is 7.85. The molecule has 0 heterocycles. The molecule has 0 saturated heterocycles. The minimum atomic E-state index is 0.238. The number of hydrogen-bond acceptors (Lipinski definition) is 2. The molecule has 1 unspecified atom stereocenters. The fraction of sp³-hybridized carbons (Fsp3) is 0.250. The molecular weight excluding hydrogens is 270 g/mol. The molecule has 1 aliphatic rings. The van der Waals surface area contributed by atoms with E-state index in [-0.39, 0.29) is 5.78 Å². The van der Waals surface area contributed by atoms with Crippen LogP contribution in [-0.4, -0.2) is 5.78 Å². The Hall–Kier alpha value is -2.35. The minimum absolute atomic E-state index is 0.238. The van der Waals surface area contributed by atoms with Crippen LogP contribution in [-0.2, 0) is 11.3 Å². The van der Waals surface area contributed by atoms with Crippen molar-refractivity contribution in [3.8, 4) is 0 Å². The number of hydrogen-bond donors (Lipinski definition) is 0. The van der Waals surface area contributed by atoms with E-state index in [1.165, 1.54) is 5.56 Å². The number of rotatable bonds is 4. The molecule has 0 fully saturated rings. The summed E-state index contributed by atoms with van der Waals surface area (Å²) in [6, 6.07) is 20.7. The van der Waals surface area contributed by atoms with Crippen LogP contribution in [0.25, 0.3) is 0 Å². The number of benzene rings is 2. The largest absolute Gasteiger partial charge is 0.340 e. The van der Waals surface area contributed by atoms with Gasteiger partial charge in [0.2, 0.25) is 0 Å². The van der Waals surface area contributed by atoms with E-state index in [0.29, 0.717) is 12.3 Å². The Morgan fingerprint density at radius 1 is 1.00 bits per heavy atom. The smallest absolute Gasteiger partial charge is 0.157 e. The van der Waals surface area contributed by atoms with Crippen molar-refractivity contribution in [2.45, 2.75) is 26.3 Å². The van der Waals surface area contributed by atoms with Gasteiger partial charge in [-0.05, 0) is 30.0 Å². The second-order valence-corrected chi connectivity index (χ2v) is 5.88. The molecule has 0 amide bonds. The van der Waals surface area contributed by atoms with Gasteiger partial charge in [0.25, 0.3) is 0 Å². The molecule has 22 heavy (non-hydrogen) atoms. The molecule has 2 heteroatoms. The lowest BCUT2D eigenvalue weighted by Crippen LogP contribution is -2.29. The average Bonchev–Trinajstić information content (AvgIpc) is 2.57. The predicted molar refractivity (Wildman–Crippen MR) is 90.6 cm³/mol. The third-order valence-electron chi connectivity index (χ3n) is 4.20. The fourth-order valence-corrected chi connectivity index (χ4v) is 2.94. The Labute approximate surface area is 132 Å². The van der Waals surface area contributed by atoms with E-state index in [9.17, 15) is 4.79 Å². The molecule has 0 saturated carbocycles. The van der Waals surface area contributed by atoms with E-state index in [0.717, 1.165) is 24.4 Å². The lowest BCUT2D eigenvalue weighted by molar-refractivity contribution is -0.115. The average molecular weight is 291 g/mol. The summed E-state index contributed by atoms with van der Waals surface area (Å²) in [5.41, 5.74) is 3.52. The Bertz CT molecular complexity index is 661. The molecule has 112 valence electrons. The number of ketones is 1. The molecule has 1 aliphatic carbocycles. The van der Waals surface area contributed by atoms with Crippen LogP contribution >= 0.6 is 0 Å². The summed E-state index contributed by atoms with van der Waals surface area (Å²) in [6.45, 7) is 2.99. The molecular formula is C20H21NO. The summed E-state index contributed by atoms with van der Waals surface area (Å²) in [5.74, 6) is 0.642. The maximum absolute atomic E-state index is 11.9. The van der Waals surface area contributed by atoms with Crippen LogP contribution in [0.3, 0.4) is 0 Å². The molecule has 2 aromatic rings. The van der Waals surface area contributed by atoms with Crippen molar-refractivity contribution in [1.82, 2.24) is 0 Å². The highest BCUT2D eigenvalue weighted by Crippen LogP contribution is 2.31. The van der Waals surface area contributed by atoms with Gasteiger partial charge in [0.1, 0.15) is 0 Å². The van der Waals surface area contributed by atoms with Crippen LogP contribution in [0.1, 0.15) is 25.3 Å². The zero-order chi connectivity index (χ0) is 15.4. The molecule has 1 atom stereocenters. The molecule has 3 rings (SSSR count). The normalized spacial score (nSPS) is 18.0. The van der Waals surface area contributed by atoms with Crippen LogP contribution in [0, 0.1) is 5.92 Å². The Morgan fingerprint density at radius 3 is 2.32 bits per heavy atom. The number of carbonyl (C=O) groups excluding carboxylic acids is 1. The Kier molecular flexibility index (Phi) is 4.38. The molecule has 0 bridgehead atoms. The third-order valence-corrected chi connectivity index (χ3v) is 4.20. The van der Waals surface area contributed by atoms with Crippen LogP contribution in [0.15, 0.2) is 72.4 Å². The lowest BCUT2D eigenvalue weighted by Gasteiger charge is -2.33. The van der Waals surface area contributed by atoms with Gasteiger partial charge in [0, 0.05) is 30.4 Å². The SMILES string of the molecule is CC1CCC(=O)C=C1N(Cc1ccccc1)c1ccccc1. The number of anilines is 1. The second-order valence-electron chi connectivity index (χ2n) is 5.88. The van der Waals surface area contributed by atoms with Crippen molar-refractivity contribution >= 4 is 11.5 Å². The van der Waals surface area contributed by atoms with Gasteiger partial charge in [-0.3, -0.25) is 4.79 Å². The molecule has 0 N–H and O–H groups in total. The van der Waals surface area contributed by atoms with Crippen LogP contribution in [0.4, 0.5) is 5.69 Å². The quantitative estimate of drug-likeness (QED) is 0.822. The summed E-state index contributed by atoms with van der Waals surface area (Å²) < 4.78 is 0. The van der Waals surface area contributed by atoms with Gasteiger partial charge in [-0.2, -0.15) is 0 Å². The topological polar surface area (TPSA) is 20.3 Å². The molecule has 0 aromatic heterocycles. The second kappa shape index (κ2) is 6.61. The summed E-state index contributed by atoms with van der Waals surface area (Å²) >= 11 is 0. The van der Waals surface area contributed by atoms with Gasteiger partial charge in [-0.15, -0.1) is 0 Å². The third kappa shape index (κ3) is 3.28. The molecule has 2 nitrogen and oxygen atoms in total. The summed E-state index contributed by atoms with van der Waals surface area (Å²) in [4.78, 5) is 14.2. The minimum Gasteiger partial charge on any atom is -0.340 e. The maximum atomic E-state index is 11.9. The summed E-state index contributed by atoms with van der Waals surface area (Å²) in [7, 11) is 0. The van der Waals surface area contributed by atoms with Gasteiger partial charge in [-0.25, -0.2) is 0 Å². The number of carbonyl (C=O) groups is 1. The highest BCUT2D eigenvalue weighted by Gasteiger charge is 2.23. The van der Waals surface area contributed by atoms with E-state index in [1.54, 1.807) is 0 Å². The van der Waals surface area contributed by atoms with Crippen molar-refractivity contribution in [2.75, 3.05) is 4.90 Å². The van der Waals surface area contributed by atoms with Gasteiger partial charge in [-0.1, -0.05) is 55.5 Å². The van der Waals surface area contributed by atoms with Crippen molar-refractivity contribution in [3.63, 3.8) is 0 Å². The summed E-state index contributed by atoms with van der Waals surface area (Å²) in [6.07, 6.45) is 3.44. The van der Waals surface area contributed by atoms with Gasteiger partial charge >= 0.3 is 0 Å². The standard InChI is InChI=1S/C20H21NO/c1-16-12-13-19(22)14-20(16)21(18-10-6-3-7-11-18)15-17-8-4-2-5-9-17/h2-11,14,16H,12-13,15H2,1H3. The van der Waals surface area contributed by atoms with Crippen LogP contribution in [0.5, 0.6) is 0 Å². The molecule has 0 radical (unpaired) electrons. The molecule has 2 aromatic carbocycles. The van der Waals surface area contributed by atoms with E-state index >= 15 is 0 Å². The van der Waals surface area contributed by atoms with Crippen LogP contribution < -0.4 is 4.90 Å². The van der Waals surface area contributed by atoms with E-state index < -0.39 is 0 Å². The van der Waals surface area contributed by atoms with Crippen LogP contribution in [0.2, 0.25) is 0 Å². The first-order chi connectivity index (χ1) is 10.7. The first kappa shape index (κ1) is 14.6. The van der Waals surface area contributed by atoms with Gasteiger partial charge in [0.05, 0.1) is 0 Å². The zero-order valence-electron chi connectivity index (χ0n) is 12.9. The predicted octanol–water partition coefficient (Wildman–Crippen LogP) is 4.58. The van der Waals surface area contributed by atoms with E-state index in [1.807, 2.05) is 30.3 Å². The molecule has 0 spiro atoms. The van der Waals surface area contributed by atoms with Gasteiger partial charge in [0.15, 0.2) is 5.78 Å². The van der Waals surface area contributed by atoms with Gasteiger partial charge < -0.3 is 4.90 Å². The van der Waals surface area contributed by atoms with E-state index in [2.05, 4.69) is 48.2 Å². The first-order valence-corrected chi connectivity index (χ1v) is 7.85. The number of allylic oxidation sites excluding steroid dienone is 2. The van der Waals surface area contributed by atoms with Crippen molar-refractivity contribution in [2.24, 2.45) is 5.92 Å². The number of nitrogens with zero attached hydrogens (tertiary/aromatic N) is 1. The summed E-state index contributed by atoms with van der Waals surface area (Å²) in [5, 5.41) is 0. The highest BCUT2D eigenvalue weighted by atomic mass is 16.1. The monoisotopic (exact) mass is 291 g/mol. The van der Waals surface area contributed by atoms with E-state index in [4.69, 9.17) is 0 Å². The van der Waals surface area contributed by atoms with Crippen molar-refractivity contribution < 1.29 is 4.79 Å². The Balaban J connectivity index is 1.98. The van der Waals surface area contributed by atoms with Crippen molar-refractivity contribution in [3.05, 3.63) is 78.0 Å². The van der Waals surface area contributed by atoms with Crippen molar-refractivity contribution in [1.29, 1.82) is 0 Å². The molecule has 0 aliphatic heterocycles. The maximum Gasteiger partial charge on any atom is 0.157 e. The lowest BCUT2D eigenvalue weighted by atomic mass is 9.91. The number of para-hydroxylation sites is 1. The Morgan fingerprint density at radius 2 is 1.64 bits per heavy atom.